The molecule has 0 aliphatic carbocycles. The SMILES string of the molecule is NC(=O)CCCCCCCCn1cc(CNc2cccc3c2C(=O)N(C2CCC(=O)NC2=O)C3=O)nn1. The normalized spacial score (nSPS) is 17.2. The van der Waals surface area contributed by atoms with Gasteiger partial charge in [-0.1, -0.05) is 37.0 Å². The van der Waals surface area contributed by atoms with E-state index in [-0.39, 0.29) is 29.9 Å². The van der Waals surface area contributed by atoms with Crippen LogP contribution in [0.15, 0.2) is 24.4 Å². The predicted molar refractivity (Wildman–Crippen MR) is 132 cm³/mol. The molecule has 1 unspecified atom stereocenters. The molecule has 196 valence electrons. The molecule has 0 radical (unpaired) electrons. The Morgan fingerprint density at radius 1 is 1.05 bits per heavy atom. The molecule has 1 fully saturated rings. The number of hydrogen-bond donors (Lipinski definition) is 3. The number of aromatic nitrogens is 3. The predicted octanol–water partition coefficient (Wildman–Crippen LogP) is 1.51. The molecule has 1 atom stereocenters. The summed E-state index contributed by atoms with van der Waals surface area (Å²) < 4.78 is 1.78. The maximum Gasteiger partial charge on any atom is 0.264 e. The molecule has 12 heteroatoms. The van der Waals surface area contributed by atoms with E-state index in [0.717, 1.165) is 50.0 Å². The summed E-state index contributed by atoms with van der Waals surface area (Å²) in [5.74, 6) is -2.40. The highest BCUT2D eigenvalue weighted by atomic mass is 16.2. The first kappa shape index (κ1) is 26.0. The molecule has 4 N–H and O–H groups in total. The Bertz CT molecular complexity index is 1210. The first-order valence-electron chi connectivity index (χ1n) is 12.6. The lowest BCUT2D eigenvalue weighted by Gasteiger charge is -2.27. The molecule has 2 aromatic rings. The largest absolute Gasteiger partial charge is 0.379 e. The Morgan fingerprint density at radius 3 is 2.57 bits per heavy atom. The summed E-state index contributed by atoms with van der Waals surface area (Å²) in [5.41, 5.74) is 6.72. The van der Waals surface area contributed by atoms with E-state index in [1.807, 2.05) is 6.20 Å². The smallest absolute Gasteiger partial charge is 0.264 e. The molecule has 37 heavy (non-hydrogen) atoms. The van der Waals surface area contributed by atoms with Crippen molar-refractivity contribution in [1.29, 1.82) is 0 Å². The summed E-state index contributed by atoms with van der Waals surface area (Å²) in [7, 11) is 0. The van der Waals surface area contributed by atoms with Crippen molar-refractivity contribution >= 4 is 35.2 Å². The number of carbonyl (C=O) groups is 5. The number of carbonyl (C=O) groups excluding carboxylic acids is 5. The van der Waals surface area contributed by atoms with Crippen LogP contribution in [0, 0.1) is 0 Å². The average molecular weight is 510 g/mol. The molecular weight excluding hydrogens is 478 g/mol. The fourth-order valence-electron chi connectivity index (χ4n) is 4.66. The number of fused-ring (bicyclic) bond motifs is 1. The van der Waals surface area contributed by atoms with Gasteiger partial charge in [-0.05, 0) is 31.4 Å². The minimum atomic E-state index is -1.01. The van der Waals surface area contributed by atoms with E-state index in [9.17, 15) is 24.0 Å². The van der Waals surface area contributed by atoms with Gasteiger partial charge < -0.3 is 11.1 Å². The summed E-state index contributed by atoms with van der Waals surface area (Å²) in [5, 5.41) is 13.7. The van der Waals surface area contributed by atoms with Crippen LogP contribution in [0.5, 0.6) is 0 Å². The number of rotatable bonds is 13. The number of benzene rings is 1. The van der Waals surface area contributed by atoms with Gasteiger partial charge in [-0.2, -0.15) is 0 Å². The number of aryl methyl sites for hydroxylation is 1. The number of nitrogens with two attached hydrogens (primary N) is 1. The van der Waals surface area contributed by atoms with Gasteiger partial charge in [0.2, 0.25) is 17.7 Å². The Balaban J connectivity index is 1.28. The van der Waals surface area contributed by atoms with Crippen LogP contribution in [0.2, 0.25) is 0 Å². The van der Waals surface area contributed by atoms with Crippen molar-refractivity contribution in [3.63, 3.8) is 0 Å². The van der Waals surface area contributed by atoms with E-state index >= 15 is 0 Å². The van der Waals surface area contributed by atoms with Gasteiger partial charge >= 0.3 is 0 Å². The number of unbranched alkanes of at least 4 members (excludes halogenated alkanes) is 5. The van der Waals surface area contributed by atoms with Crippen molar-refractivity contribution in [3.8, 4) is 0 Å². The lowest BCUT2D eigenvalue weighted by Crippen LogP contribution is -2.54. The van der Waals surface area contributed by atoms with Crippen molar-refractivity contribution in [2.24, 2.45) is 5.73 Å². The summed E-state index contributed by atoms with van der Waals surface area (Å²) >= 11 is 0. The van der Waals surface area contributed by atoms with Crippen LogP contribution >= 0.6 is 0 Å². The molecule has 0 spiro atoms. The lowest BCUT2D eigenvalue weighted by molar-refractivity contribution is -0.136. The Morgan fingerprint density at radius 2 is 1.81 bits per heavy atom. The van der Waals surface area contributed by atoms with E-state index in [1.165, 1.54) is 0 Å². The second kappa shape index (κ2) is 11.8. The van der Waals surface area contributed by atoms with Gasteiger partial charge in [0.1, 0.15) is 11.7 Å². The van der Waals surface area contributed by atoms with Crippen molar-refractivity contribution in [2.45, 2.75) is 76.9 Å². The van der Waals surface area contributed by atoms with Crippen LogP contribution in [0.4, 0.5) is 5.69 Å². The van der Waals surface area contributed by atoms with Crippen molar-refractivity contribution < 1.29 is 24.0 Å². The van der Waals surface area contributed by atoms with Crippen LogP contribution in [0.1, 0.15) is 84.2 Å². The van der Waals surface area contributed by atoms with Gasteiger partial charge in [0.25, 0.3) is 11.8 Å². The Hall–Kier alpha value is -4.09. The number of primary amides is 1. The quantitative estimate of drug-likeness (QED) is 0.269. The van der Waals surface area contributed by atoms with E-state index in [0.29, 0.717) is 24.3 Å². The lowest BCUT2D eigenvalue weighted by atomic mass is 10.0. The summed E-state index contributed by atoms with van der Waals surface area (Å²) in [6, 6.07) is 3.92. The zero-order valence-electron chi connectivity index (χ0n) is 20.6. The Kier molecular flexibility index (Phi) is 8.26. The first-order chi connectivity index (χ1) is 17.8. The van der Waals surface area contributed by atoms with Gasteiger partial charge in [0, 0.05) is 25.1 Å². The third kappa shape index (κ3) is 6.19. The van der Waals surface area contributed by atoms with Crippen molar-refractivity contribution in [2.75, 3.05) is 5.32 Å². The minimum absolute atomic E-state index is 0.0710. The number of amides is 5. The van der Waals surface area contributed by atoms with Crippen molar-refractivity contribution in [1.82, 2.24) is 25.2 Å². The minimum Gasteiger partial charge on any atom is -0.379 e. The van der Waals surface area contributed by atoms with Crippen LogP contribution in [-0.2, 0) is 27.5 Å². The van der Waals surface area contributed by atoms with Gasteiger partial charge in [-0.3, -0.25) is 38.9 Å². The number of nitrogens with zero attached hydrogens (tertiary/aromatic N) is 4. The zero-order valence-corrected chi connectivity index (χ0v) is 20.6. The average Bonchev–Trinajstić information content (AvgIpc) is 3.42. The fraction of sp³-hybridized carbons (Fsp3) is 0.480. The van der Waals surface area contributed by atoms with E-state index in [2.05, 4.69) is 20.9 Å². The highest BCUT2D eigenvalue weighted by Gasteiger charge is 2.45. The molecular formula is C25H31N7O5. The fourth-order valence-corrected chi connectivity index (χ4v) is 4.66. The van der Waals surface area contributed by atoms with Gasteiger partial charge in [0.15, 0.2) is 0 Å². The molecule has 2 aliphatic heterocycles. The van der Waals surface area contributed by atoms with Gasteiger partial charge in [-0.15, -0.1) is 5.10 Å². The Labute approximate surface area is 213 Å². The van der Waals surface area contributed by atoms with Crippen LogP contribution in [0.25, 0.3) is 0 Å². The second-order valence-corrected chi connectivity index (χ2v) is 9.34. The first-order valence-corrected chi connectivity index (χ1v) is 12.6. The molecule has 5 amide bonds. The van der Waals surface area contributed by atoms with Crippen LogP contribution < -0.4 is 16.4 Å². The maximum atomic E-state index is 13.2. The van der Waals surface area contributed by atoms with Crippen LogP contribution in [-0.4, -0.2) is 55.5 Å². The summed E-state index contributed by atoms with van der Waals surface area (Å²) in [6.45, 7) is 1.04. The summed E-state index contributed by atoms with van der Waals surface area (Å²) in [4.78, 5) is 61.6. The number of imide groups is 2. The zero-order chi connectivity index (χ0) is 26.4. The third-order valence-corrected chi connectivity index (χ3v) is 6.57. The third-order valence-electron chi connectivity index (χ3n) is 6.57. The molecule has 1 aromatic carbocycles. The molecule has 0 saturated carbocycles. The molecule has 4 rings (SSSR count). The van der Waals surface area contributed by atoms with E-state index in [1.54, 1.807) is 22.9 Å². The van der Waals surface area contributed by atoms with Gasteiger partial charge in [0.05, 0.1) is 23.9 Å². The van der Waals surface area contributed by atoms with E-state index < -0.39 is 29.7 Å². The maximum absolute atomic E-state index is 13.2. The monoisotopic (exact) mass is 509 g/mol. The topological polar surface area (TPSA) is 169 Å². The second-order valence-electron chi connectivity index (χ2n) is 9.34. The molecule has 1 aromatic heterocycles. The molecule has 1 saturated heterocycles. The molecule has 0 bridgehead atoms. The number of nitrogens with one attached hydrogen (secondary N) is 2. The summed E-state index contributed by atoms with van der Waals surface area (Å²) in [6.07, 6.45) is 8.49. The van der Waals surface area contributed by atoms with E-state index in [4.69, 9.17) is 5.73 Å². The number of hydrogen-bond acceptors (Lipinski definition) is 8. The van der Waals surface area contributed by atoms with Gasteiger partial charge in [-0.25, -0.2) is 0 Å². The molecule has 2 aliphatic rings. The highest BCUT2D eigenvalue weighted by molar-refractivity contribution is 6.25. The molecule has 12 nitrogen and oxygen atoms in total. The highest BCUT2D eigenvalue weighted by Crippen LogP contribution is 2.32. The number of anilines is 1. The standard InChI is InChI=1S/C25H31N7O5/c26-20(33)10-5-3-1-2-4-6-13-31-15-16(29-30-31)14-27-18-9-7-8-17-22(18)25(37)32(24(17)36)19-11-12-21(34)28-23(19)35/h7-9,15,19,27H,1-6,10-14H2,(H2,26,33)(H,28,34,35). The van der Waals surface area contributed by atoms with Crippen LogP contribution in [0.3, 0.4) is 0 Å². The number of piperidine rings is 1. The van der Waals surface area contributed by atoms with Crippen molar-refractivity contribution in [3.05, 3.63) is 41.2 Å². The molecule has 3 heterocycles.